The fraction of sp³-hybridized carbons (Fsp3) is 0.455. The van der Waals surface area contributed by atoms with Crippen LogP contribution in [0.2, 0.25) is 0 Å². The number of phenols is 1. The molecular weight excluding hydrogens is 386 g/mol. The maximum atomic E-state index is 12.2. The molecule has 8 nitrogen and oxygen atoms in total. The Hall–Kier alpha value is -2.84. The Morgan fingerprint density at radius 1 is 1.27 bits per heavy atom. The number of pyridine rings is 1. The van der Waals surface area contributed by atoms with Gasteiger partial charge in [0, 0.05) is 12.2 Å². The quantitative estimate of drug-likeness (QED) is 0.446. The first-order chi connectivity index (χ1) is 14.5. The van der Waals surface area contributed by atoms with E-state index in [1.165, 1.54) is 12.1 Å². The number of nitrogens with one attached hydrogen (secondary N) is 1. The fourth-order valence-electron chi connectivity index (χ4n) is 3.56. The van der Waals surface area contributed by atoms with Gasteiger partial charge in [-0.2, -0.15) is 0 Å². The lowest BCUT2D eigenvalue weighted by atomic mass is 10.0. The molecule has 3 N–H and O–H groups in total. The van der Waals surface area contributed by atoms with Crippen molar-refractivity contribution >= 4 is 11.8 Å². The smallest absolute Gasteiger partial charge is 0.338 e. The van der Waals surface area contributed by atoms with E-state index in [2.05, 4.69) is 10.3 Å². The Labute approximate surface area is 176 Å². The monoisotopic (exact) mass is 415 g/mol. The number of aliphatic hydroxyl groups excluding tert-OH is 1. The highest BCUT2D eigenvalue weighted by Crippen LogP contribution is 2.28. The number of anilines is 1. The molecule has 2 unspecified atom stereocenters. The Morgan fingerprint density at radius 3 is 2.60 bits per heavy atom. The second kappa shape index (κ2) is 10.3. The number of piperidine rings is 1. The Kier molecular flexibility index (Phi) is 7.48. The molecule has 0 radical (unpaired) electrons. The van der Waals surface area contributed by atoms with E-state index in [1.807, 2.05) is 4.90 Å². The summed E-state index contributed by atoms with van der Waals surface area (Å²) >= 11 is 0. The number of carbonyl (C=O) groups is 1. The number of aromatic hydroxyl groups is 1. The first-order valence-corrected chi connectivity index (χ1v) is 10.3. The highest BCUT2D eigenvalue weighted by Gasteiger charge is 2.33. The van der Waals surface area contributed by atoms with Gasteiger partial charge in [0.2, 0.25) is 0 Å². The van der Waals surface area contributed by atoms with Gasteiger partial charge in [0.1, 0.15) is 23.4 Å². The molecule has 2 aromatic rings. The van der Waals surface area contributed by atoms with Gasteiger partial charge in [-0.1, -0.05) is 0 Å². The molecule has 2 atom stereocenters. The van der Waals surface area contributed by atoms with Crippen LogP contribution in [0, 0.1) is 0 Å². The molecule has 1 aromatic heterocycles. The van der Waals surface area contributed by atoms with E-state index in [0.29, 0.717) is 17.1 Å². The molecule has 1 aromatic carbocycles. The number of aliphatic hydroxyl groups is 1. The van der Waals surface area contributed by atoms with Crippen molar-refractivity contribution in [3.8, 4) is 11.5 Å². The molecule has 1 saturated heterocycles. The van der Waals surface area contributed by atoms with Crippen molar-refractivity contribution in [1.29, 1.82) is 0 Å². The molecule has 2 heterocycles. The summed E-state index contributed by atoms with van der Waals surface area (Å²) in [6.45, 7) is 5.38. The SMILES string of the molecule is CCOC(=O)c1ccnc(N(C2CCNCC2)C(Oc2ccc(O)cc2)C(C)O)c1. The van der Waals surface area contributed by atoms with E-state index in [1.54, 1.807) is 44.3 Å². The number of nitrogens with zero attached hydrogens (tertiary/aromatic N) is 2. The van der Waals surface area contributed by atoms with Crippen molar-refractivity contribution in [1.82, 2.24) is 10.3 Å². The van der Waals surface area contributed by atoms with Gasteiger partial charge in [-0.25, -0.2) is 9.78 Å². The van der Waals surface area contributed by atoms with Crippen molar-refractivity contribution in [2.24, 2.45) is 0 Å². The van der Waals surface area contributed by atoms with Crippen LogP contribution in [0.4, 0.5) is 5.82 Å². The number of aromatic nitrogens is 1. The van der Waals surface area contributed by atoms with Crippen LogP contribution in [0.1, 0.15) is 37.0 Å². The predicted octanol–water partition coefficient (Wildman–Crippen LogP) is 2.31. The third-order valence-corrected chi connectivity index (χ3v) is 5.00. The van der Waals surface area contributed by atoms with Crippen LogP contribution in [0.25, 0.3) is 0 Å². The van der Waals surface area contributed by atoms with E-state index in [0.717, 1.165) is 25.9 Å². The summed E-state index contributed by atoms with van der Waals surface area (Å²) in [4.78, 5) is 18.7. The largest absolute Gasteiger partial charge is 0.508 e. The molecule has 162 valence electrons. The van der Waals surface area contributed by atoms with Gasteiger partial charge in [-0.3, -0.25) is 0 Å². The molecule has 3 rings (SSSR count). The van der Waals surface area contributed by atoms with E-state index in [-0.39, 0.29) is 18.4 Å². The molecule has 1 fully saturated rings. The summed E-state index contributed by atoms with van der Waals surface area (Å²) in [5.41, 5.74) is 0.398. The number of hydrogen-bond acceptors (Lipinski definition) is 8. The Balaban J connectivity index is 1.96. The minimum atomic E-state index is -0.846. The fourth-order valence-corrected chi connectivity index (χ4v) is 3.56. The minimum absolute atomic E-state index is 0.0629. The number of rotatable bonds is 8. The zero-order valence-corrected chi connectivity index (χ0v) is 17.3. The Bertz CT molecular complexity index is 822. The number of hydrogen-bond donors (Lipinski definition) is 3. The molecule has 30 heavy (non-hydrogen) atoms. The standard InChI is InChI=1S/C22H29N3O5/c1-3-29-22(28)16-8-13-24-20(14-16)25(17-9-11-23-12-10-17)21(15(2)26)30-19-6-4-18(27)5-7-19/h4-8,13-15,17,21,23,26-27H,3,9-12H2,1-2H3. The highest BCUT2D eigenvalue weighted by atomic mass is 16.5. The summed E-state index contributed by atoms with van der Waals surface area (Å²) < 4.78 is 11.3. The summed E-state index contributed by atoms with van der Waals surface area (Å²) in [7, 11) is 0. The number of carbonyl (C=O) groups excluding carboxylic acids is 1. The van der Waals surface area contributed by atoms with Crippen LogP contribution < -0.4 is 15.0 Å². The molecule has 0 aliphatic carbocycles. The molecular formula is C22H29N3O5. The van der Waals surface area contributed by atoms with E-state index in [9.17, 15) is 15.0 Å². The molecule has 1 aliphatic heterocycles. The van der Waals surface area contributed by atoms with Crippen molar-refractivity contribution < 1.29 is 24.5 Å². The van der Waals surface area contributed by atoms with Gasteiger partial charge >= 0.3 is 5.97 Å². The number of phenolic OH excluding ortho intramolecular Hbond substituents is 1. The lowest BCUT2D eigenvalue weighted by Crippen LogP contribution is -2.55. The summed E-state index contributed by atoms with van der Waals surface area (Å²) in [6, 6.07) is 9.71. The zero-order chi connectivity index (χ0) is 21.5. The van der Waals surface area contributed by atoms with Gasteiger partial charge in [-0.05, 0) is 76.2 Å². The lowest BCUT2D eigenvalue weighted by Gasteiger charge is -2.41. The van der Waals surface area contributed by atoms with E-state index >= 15 is 0 Å². The first-order valence-electron chi connectivity index (χ1n) is 10.3. The topological polar surface area (TPSA) is 104 Å². The van der Waals surface area contributed by atoms with Crippen LogP contribution in [-0.2, 0) is 4.74 Å². The summed E-state index contributed by atoms with van der Waals surface area (Å²) in [5, 5.41) is 23.5. The number of esters is 1. The van der Waals surface area contributed by atoms with E-state index < -0.39 is 18.3 Å². The van der Waals surface area contributed by atoms with Crippen molar-refractivity contribution in [2.45, 2.75) is 45.1 Å². The predicted molar refractivity (Wildman–Crippen MR) is 113 cm³/mol. The van der Waals surface area contributed by atoms with Crippen LogP contribution in [0.15, 0.2) is 42.6 Å². The molecule has 1 aliphatic rings. The zero-order valence-electron chi connectivity index (χ0n) is 17.3. The van der Waals surface area contributed by atoms with Crippen molar-refractivity contribution in [3.05, 3.63) is 48.2 Å². The van der Waals surface area contributed by atoms with Gasteiger partial charge in [0.05, 0.1) is 12.2 Å². The second-order valence-electron chi connectivity index (χ2n) is 7.25. The van der Waals surface area contributed by atoms with Crippen LogP contribution >= 0.6 is 0 Å². The summed E-state index contributed by atoms with van der Waals surface area (Å²) in [5.74, 6) is 0.769. The molecule has 0 amide bonds. The van der Waals surface area contributed by atoms with Gasteiger partial charge in [0.15, 0.2) is 6.23 Å². The summed E-state index contributed by atoms with van der Waals surface area (Å²) in [6.07, 6.45) is 1.67. The third-order valence-electron chi connectivity index (χ3n) is 5.00. The third kappa shape index (κ3) is 5.40. The minimum Gasteiger partial charge on any atom is -0.508 e. The molecule has 0 spiro atoms. The lowest BCUT2D eigenvalue weighted by molar-refractivity contribution is 0.0384. The normalized spacial score (nSPS) is 16.5. The average Bonchev–Trinajstić information content (AvgIpc) is 2.76. The second-order valence-corrected chi connectivity index (χ2v) is 7.25. The molecule has 0 saturated carbocycles. The number of ether oxygens (including phenoxy) is 2. The molecule has 0 bridgehead atoms. The first kappa shape index (κ1) is 21.9. The number of benzene rings is 1. The maximum Gasteiger partial charge on any atom is 0.338 e. The van der Waals surface area contributed by atoms with Gasteiger partial charge in [-0.15, -0.1) is 0 Å². The van der Waals surface area contributed by atoms with Crippen LogP contribution in [0.5, 0.6) is 11.5 Å². The van der Waals surface area contributed by atoms with Crippen molar-refractivity contribution in [2.75, 3.05) is 24.6 Å². The van der Waals surface area contributed by atoms with Gasteiger partial charge in [0.25, 0.3) is 0 Å². The maximum absolute atomic E-state index is 12.2. The van der Waals surface area contributed by atoms with E-state index in [4.69, 9.17) is 9.47 Å². The van der Waals surface area contributed by atoms with Crippen LogP contribution in [-0.4, -0.2) is 59.2 Å². The average molecular weight is 415 g/mol. The van der Waals surface area contributed by atoms with Crippen molar-refractivity contribution in [3.63, 3.8) is 0 Å². The molecule has 8 heteroatoms. The Morgan fingerprint density at radius 2 is 1.97 bits per heavy atom. The highest BCUT2D eigenvalue weighted by molar-refractivity contribution is 5.90. The van der Waals surface area contributed by atoms with Crippen LogP contribution in [0.3, 0.4) is 0 Å². The van der Waals surface area contributed by atoms with Gasteiger partial charge < -0.3 is 29.9 Å².